The van der Waals surface area contributed by atoms with E-state index >= 15 is 0 Å². The van der Waals surface area contributed by atoms with Crippen LogP contribution in [0.15, 0.2) is 44.4 Å². The lowest BCUT2D eigenvalue weighted by atomic mass is 9.87. The number of H-pyrrole nitrogens is 1. The standard InChI is InChI=1S/C21H19ClFN3O4S.C2H6/c1-10-4-6-15(23)18(11(10)2)12(3)19(20-24-25-21(28)30-20)26-17(27)9-13-8-14(22)5-7-16(13)31(26)29;1-2/h4-8,12,19H,9H2,1-3H3,(H,25,28);1-2H3. The topological polar surface area (TPSA) is 96.3 Å². The van der Waals surface area contributed by atoms with E-state index in [9.17, 15) is 18.2 Å². The number of hydrogen-bond acceptors (Lipinski definition) is 5. The molecule has 0 radical (unpaired) electrons. The zero-order valence-corrected chi connectivity index (χ0v) is 20.5. The van der Waals surface area contributed by atoms with Crippen LogP contribution in [0.5, 0.6) is 0 Å². The Balaban J connectivity index is 0.00000149. The predicted molar refractivity (Wildman–Crippen MR) is 124 cm³/mol. The second-order valence-electron chi connectivity index (χ2n) is 7.49. The van der Waals surface area contributed by atoms with Gasteiger partial charge in [0.1, 0.15) is 11.9 Å². The van der Waals surface area contributed by atoms with Crippen molar-refractivity contribution in [3.05, 3.63) is 79.9 Å². The molecule has 10 heteroatoms. The van der Waals surface area contributed by atoms with Crippen LogP contribution in [-0.4, -0.2) is 24.6 Å². The molecule has 2 heterocycles. The molecule has 33 heavy (non-hydrogen) atoms. The lowest BCUT2D eigenvalue weighted by molar-refractivity contribution is -0.128. The van der Waals surface area contributed by atoms with Crippen molar-refractivity contribution in [3.8, 4) is 0 Å². The number of aromatic nitrogens is 2. The van der Waals surface area contributed by atoms with E-state index in [4.69, 9.17) is 16.0 Å². The molecule has 3 atom stereocenters. The van der Waals surface area contributed by atoms with Gasteiger partial charge in [-0.1, -0.05) is 38.4 Å². The summed E-state index contributed by atoms with van der Waals surface area (Å²) < 4.78 is 34.6. The van der Waals surface area contributed by atoms with Crippen LogP contribution in [0.2, 0.25) is 5.02 Å². The molecule has 1 N–H and O–H groups in total. The number of hydrogen-bond donors (Lipinski definition) is 1. The first-order chi connectivity index (χ1) is 15.7. The molecule has 0 spiro atoms. The van der Waals surface area contributed by atoms with Gasteiger partial charge in [0, 0.05) is 10.9 Å². The first-order valence-electron chi connectivity index (χ1n) is 10.5. The lowest BCUT2D eigenvalue weighted by Gasteiger charge is -2.36. The molecule has 0 aliphatic carbocycles. The highest BCUT2D eigenvalue weighted by Gasteiger charge is 2.42. The van der Waals surface area contributed by atoms with Crippen LogP contribution < -0.4 is 5.76 Å². The summed E-state index contributed by atoms with van der Waals surface area (Å²) in [5.41, 5.74) is 2.44. The molecule has 1 aromatic heterocycles. The van der Waals surface area contributed by atoms with Crippen LogP contribution >= 0.6 is 11.6 Å². The summed E-state index contributed by atoms with van der Waals surface area (Å²) in [6.07, 6.45) is -0.0468. The minimum Gasteiger partial charge on any atom is -0.390 e. The number of carbonyl (C=O) groups excluding carboxylic acids is 1. The summed E-state index contributed by atoms with van der Waals surface area (Å²) in [7, 11) is -1.94. The van der Waals surface area contributed by atoms with Crippen molar-refractivity contribution < 1.29 is 17.8 Å². The molecule has 0 saturated carbocycles. The van der Waals surface area contributed by atoms with Crippen molar-refractivity contribution in [2.24, 2.45) is 0 Å². The Labute approximate surface area is 198 Å². The largest absolute Gasteiger partial charge is 0.434 e. The average Bonchev–Trinajstić information content (AvgIpc) is 3.20. The zero-order chi connectivity index (χ0) is 24.4. The molecule has 3 aromatic rings. The zero-order valence-electron chi connectivity index (χ0n) is 18.9. The van der Waals surface area contributed by atoms with Gasteiger partial charge in [0.05, 0.1) is 11.3 Å². The molecule has 1 aliphatic heterocycles. The summed E-state index contributed by atoms with van der Waals surface area (Å²) in [5.74, 6) is -2.62. The number of amides is 1. The molecule has 0 bridgehead atoms. The molecular weight excluding hydrogens is 469 g/mol. The van der Waals surface area contributed by atoms with Crippen molar-refractivity contribution in [2.45, 2.75) is 57.9 Å². The predicted octanol–water partition coefficient (Wildman–Crippen LogP) is 4.75. The van der Waals surface area contributed by atoms with Crippen LogP contribution in [0.3, 0.4) is 0 Å². The van der Waals surface area contributed by atoms with E-state index in [1.165, 1.54) is 6.07 Å². The molecule has 176 valence electrons. The quantitative estimate of drug-likeness (QED) is 0.565. The number of nitrogens with zero attached hydrogens (tertiary/aromatic N) is 2. The van der Waals surface area contributed by atoms with Gasteiger partial charge in [-0.3, -0.25) is 4.79 Å². The first-order valence-corrected chi connectivity index (χ1v) is 12.0. The number of aromatic amines is 1. The smallest absolute Gasteiger partial charge is 0.390 e. The van der Waals surface area contributed by atoms with Crippen LogP contribution in [0.1, 0.15) is 60.9 Å². The highest BCUT2D eigenvalue weighted by Crippen LogP contribution is 2.41. The van der Waals surface area contributed by atoms with E-state index in [0.29, 0.717) is 26.6 Å². The lowest BCUT2D eigenvalue weighted by Crippen LogP contribution is -2.43. The molecule has 0 saturated heterocycles. The fourth-order valence-electron chi connectivity index (χ4n) is 3.96. The first kappa shape index (κ1) is 24.9. The van der Waals surface area contributed by atoms with E-state index < -0.39 is 40.4 Å². The Morgan fingerprint density at radius 1 is 1.21 bits per heavy atom. The maximum Gasteiger partial charge on any atom is 0.434 e. The van der Waals surface area contributed by atoms with Gasteiger partial charge in [0.15, 0.2) is 11.0 Å². The summed E-state index contributed by atoms with van der Waals surface area (Å²) in [6, 6.07) is 6.71. The fraction of sp³-hybridized carbons (Fsp3) is 0.348. The highest BCUT2D eigenvalue weighted by molar-refractivity contribution is 7.83. The molecular formula is C23H25ClFN3O4S. The van der Waals surface area contributed by atoms with Crippen molar-refractivity contribution in [2.75, 3.05) is 0 Å². The molecule has 1 aliphatic rings. The van der Waals surface area contributed by atoms with Crippen molar-refractivity contribution in [1.82, 2.24) is 14.5 Å². The van der Waals surface area contributed by atoms with Gasteiger partial charge in [-0.2, -0.15) is 0 Å². The van der Waals surface area contributed by atoms with Crippen LogP contribution in [0.4, 0.5) is 4.39 Å². The second-order valence-corrected chi connectivity index (χ2v) is 9.25. The third kappa shape index (κ3) is 4.65. The van der Waals surface area contributed by atoms with Gasteiger partial charge >= 0.3 is 5.76 Å². The van der Waals surface area contributed by atoms with Crippen molar-refractivity contribution >= 4 is 28.5 Å². The van der Waals surface area contributed by atoms with Gasteiger partial charge in [0.25, 0.3) is 0 Å². The Bertz CT molecular complexity index is 1270. The maximum atomic E-state index is 14.9. The third-order valence-corrected chi connectivity index (χ3v) is 7.40. The second kappa shape index (κ2) is 10.0. The summed E-state index contributed by atoms with van der Waals surface area (Å²) in [5, 5.41) is 6.48. The van der Waals surface area contributed by atoms with E-state index in [0.717, 1.165) is 9.87 Å². The van der Waals surface area contributed by atoms with Crippen LogP contribution in [0, 0.1) is 19.7 Å². The van der Waals surface area contributed by atoms with E-state index in [-0.39, 0.29) is 12.3 Å². The van der Waals surface area contributed by atoms with Crippen molar-refractivity contribution in [1.29, 1.82) is 0 Å². The van der Waals surface area contributed by atoms with Crippen molar-refractivity contribution in [3.63, 3.8) is 0 Å². The van der Waals surface area contributed by atoms with Crippen LogP contribution in [-0.2, 0) is 22.2 Å². The Morgan fingerprint density at radius 3 is 2.55 bits per heavy atom. The number of fused-ring (bicyclic) bond motifs is 1. The summed E-state index contributed by atoms with van der Waals surface area (Å²) >= 11 is 6.02. The Hall–Kier alpha value is -2.78. The van der Waals surface area contributed by atoms with Gasteiger partial charge in [-0.25, -0.2) is 22.8 Å². The Morgan fingerprint density at radius 2 is 1.91 bits per heavy atom. The Kier molecular flexibility index (Phi) is 7.54. The minimum absolute atomic E-state index is 0.0468. The molecule has 4 rings (SSSR count). The fourth-order valence-corrected chi connectivity index (χ4v) is 5.64. The monoisotopic (exact) mass is 493 g/mol. The van der Waals surface area contributed by atoms with Gasteiger partial charge in [0.2, 0.25) is 11.8 Å². The highest BCUT2D eigenvalue weighted by atomic mass is 35.5. The van der Waals surface area contributed by atoms with Crippen LogP contribution in [0.25, 0.3) is 0 Å². The molecule has 7 nitrogen and oxygen atoms in total. The van der Waals surface area contributed by atoms with E-state index in [2.05, 4.69) is 10.2 Å². The number of rotatable bonds is 4. The van der Waals surface area contributed by atoms with Gasteiger partial charge in [-0.05, 0) is 60.4 Å². The number of nitrogens with one attached hydrogen (secondary N) is 1. The summed E-state index contributed by atoms with van der Waals surface area (Å²) in [4.78, 5) is 25.2. The third-order valence-electron chi connectivity index (χ3n) is 5.60. The van der Waals surface area contributed by atoms with E-state index in [1.54, 1.807) is 38.1 Å². The van der Waals surface area contributed by atoms with Gasteiger partial charge < -0.3 is 4.42 Å². The molecule has 2 aromatic carbocycles. The maximum absolute atomic E-state index is 14.9. The number of aryl methyl sites for hydroxylation is 1. The van der Waals surface area contributed by atoms with E-state index in [1.807, 2.05) is 20.8 Å². The average molecular weight is 494 g/mol. The number of carbonyl (C=O) groups is 1. The molecule has 1 amide bonds. The number of benzene rings is 2. The molecule has 3 unspecified atom stereocenters. The molecule has 0 fully saturated rings. The normalized spacial score (nSPS) is 17.1. The van der Waals surface area contributed by atoms with Gasteiger partial charge in [-0.15, -0.1) is 5.10 Å². The number of halogens is 2. The SMILES string of the molecule is CC.Cc1ccc(F)c(C(C)C(c2n[nH]c(=O)o2)N2C(=O)Cc3cc(Cl)ccc3S2=O)c1C. The summed E-state index contributed by atoms with van der Waals surface area (Å²) in [6.45, 7) is 9.30. The minimum atomic E-state index is -1.94.